The molecule has 1 atom stereocenters. The average Bonchev–Trinajstić information content (AvgIpc) is 3.18. The Balaban J connectivity index is 1.73. The Morgan fingerprint density at radius 2 is 2.00 bits per heavy atom. The summed E-state index contributed by atoms with van der Waals surface area (Å²) < 4.78 is 12.9. The first-order chi connectivity index (χ1) is 13.3. The maximum absolute atomic E-state index is 12.8. The second-order valence-corrected chi connectivity index (χ2v) is 7.10. The Bertz CT molecular complexity index is 1000. The van der Waals surface area contributed by atoms with E-state index >= 15 is 0 Å². The largest absolute Gasteiger partial charge is 0.489 e. The number of rotatable bonds is 6. The number of benzene rings is 1. The normalized spacial score (nSPS) is 12.1. The number of carbonyl (C=O) groups is 1. The average molecular weight is 382 g/mol. The lowest BCUT2D eigenvalue weighted by molar-refractivity contribution is 0.0928. The van der Waals surface area contributed by atoms with Gasteiger partial charge in [0.1, 0.15) is 18.1 Å². The fraction of sp³-hybridized carbons (Fsp3) is 0.381. The molecule has 3 rings (SSSR count). The van der Waals surface area contributed by atoms with Gasteiger partial charge in [-0.1, -0.05) is 11.2 Å². The summed E-state index contributed by atoms with van der Waals surface area (Å²) in [5.41, 5.74) is 5.21. The van der Waals surface area contributed by atoms with Gasteiger partial charge in [0, 0.05) is 18.3 Å². The van der Waals surface area contributed by atoms with Crippen molar-refractivity contribution in [1.82, 2.24) is 20.3 Å². The van der Waals surface area contributed by atoms with Crippen LogP contribution in [0, 0.1) is 27.7 Å². The molecule has 0 radical (unpaired) electrons. The van der Waals surface area contributed by atoms with Crippen LogP contribution >= 0.6 is 0 Å². The first-order valence-electron chi connectivity index (χ1n) is 9.22. The Morgan fingerprint density at radius 1 is 1.25 bits per heavy atom. The highest BCUT2D eigenvalue weighted by Gasteiger charge is 2.23. The molecule has 0 bridgehead atoms. The number of ether oxygens (including phenoxy) is 1. The highest BCUT2D eigenvalue weighted by molar-refractivity contribution is 5.94. The second-order valence-electron chi connectivity index (χ2n) is 7.10. The van der Waals surface area contributed by atoms with E-state index in [0.29, 0.717) is 11.3 Å². The van der Waals surface area contributed by atoms with Crippen LogP contribution in [0.5, 0.6) is 5.75 Å². The molecule has 2 aromatic heterocycles. The molecule has 1 N–H and O–H groups in total. The van der Waals surface area contributed by atoms with Gasteiger partial charge in [0.25, 0.3) is 5.91 Å². The lowest BCUT2D eigenvalue weighted by atomic mass is 10.1. The van der Waals surface area contributed by atoms with Crippen LogP contribution in [0.4, 0.5) is 0 Å². The first kappa shape index (κ1) is 19.7. The second kappa shape index (κ2) is 7.88. The molecule has 3 aromatic rings. The van der Waals surface area contributed by atoms with Gasteiger partial charge in [0.05, 0.1) is 17.8 Å². The van der Waals surface area contributed by atoms with E-state index in [1.165, 1.54) is 5.56 Å². The molecule has 0 aliphatic heterocycles. The zero-order valence-electron chi connectivity index (χ0n) is 17.2. The summed E-state index contributed by atoms with van der Waals surface area (Å²) in [6.07, 6.45) is 1.76. The quantitative estimate of drug-likeness (QED) is 0.703. The summed E-state index contributed by atoms with van der Waals surface area (Å²) in [5, 5.41) is 11.1. The molecule has 0 saturated heterocycles. The number of hydrogen-bond acceptors (Lipinski definition) is 5. The Kier molecular flexibility index (Phi) is 5.53. The van der Waals surface area contributed by atoms with Crippen LogP contribution in [-0.2, 0) is 13.7 Å². The van der Waals surface area contributed by atoms with Gasteiger partial charge in [-0.2, -0.15) is 5.10 Å². The molecule has 7 nitrogen and oxygen atoms in total. The van der Waals surface area contributed by atoms with Crippen molar-refractivity contribution >= 4 is 5.91 Å². The number of aryl methyl sites for hydroxylation is 4. The standard InChI is InChI=1S/C21H26N4O3/c1-12-7-8-17(9-13(12)2)27-11-19-16(5)28-24-20(19)21(26)23-14(3)18-10-22-25(6)15(18)4/h7-10,14H,11H2,1-6H3,(H,23,26). The van der Waals surface area contributed by atoms with Gasteiger partial charge < -0.3 is 14.6 Å². The molecule has 0 aliphatic carbocycles. The van der Waals surface area contributed by atoms with Crippen molar-refractivity contribution in [2.45, 2.75) is 47.3 Å². The summed E-state index contributed by atoms with van der Waals surface area (Å²) >= 11 is 0. The molecule has 7 heteroatoms. The van der Waals surface area contributed by atoms with Gasteiger partial charge in [-0.3, -0.25) is 9.48 Å². The summed E-state index contributed by atoms with van der Waals surface area (Å²) in [7, 11) is 1.87. The van der Waals surface area contributed by atoms with Gasteiger partial charge in [-0.25, -0.2) is 0 Å². The monoisotopic (exact) mass is 382 g/mol. The highest BCUT2D eigenvalue weighted by atomic mass is 16.5. The summed E-state index contributed by atoms with van der Waals surface area (Å²) in [6, 6.07) is 5.70. The van der Waals surface area contributed by atoms with E-state index in [9.17, 15) is 4.79 Å². The fourth-order valence-corrected chi connectivity index (χ4v) is 2.98. The van der Waals surface area contributed by atoms with Crippen molar-refractivity contribution in [1.29, 1.82) is 0 Å². The van der Waals surface area contributed by atoms with E-state index < -0.39 is 0 Å². The lowest BCUT2D eigenvalue weighted by Crippen LogP contribution is -2.28. The topological polar surface area (TPSA) is 82.2 Å². The maximum Gasteiger partial charge on any atom is 0.274 e. The minimum atomic E-state index is -0.300. The Morgan fingerprint density at radius 3 is 2.64 bits per heavy atom. The summed E-state index contributed by atoms with van der Waals surface area (Å²) in [6.45, 7) is 9.96. The molecule has 1 unspecified atom stereocenters. The number of nitrogens with one attached hydrogen (secondary N) is 1. The van der Waals surface area contributed by atoms with Crippen LogP contribution < -0.4 is 10.1 Å². The van der Waals surface area contributed by atoms with Crippen LogP contribution in [0.2, 0.25) is 0 Å². The third kappa shape index (κ3) is 3.93. The SMILES string of the molecule is Cc1ccc(OCc2c(C(=O)NC(C)c3cnn(C)c3C)noc2C)cc1C. The number of carbonyl (C=O) groups excluding carboxylic acids is 1. The van der Waals surface area contributed by atoms with Crippen LogP contribution in [0.1, 0.15) is 57.2 Å². The summed E-state index contributed by atoms with van der Waals surface area (Å²) in [4.78, 5) is 12.8. The van der Waals surface area contributed by atoms with Gasteiger partial charge in [0.15, 0.2) is 5.69 Å². The van der Waals surface area contributed by atoms with Crippen molar-refractivity contribution in [2.75, 3.05) is 0 Å². The number of hydrogen-bond donors (Lipinski definition) is 1. The number of aromatic nitrogens is 3. The van der Waals surface area contributed by atoms with Gasteiger partial charge >= 0.3 is 0 Å². The van der Waals surface area contributed by atoms with E-state index in [2.05, 4.69) is 22.5 Å². The van der Waals surface area contributed by atoms with E-state index in [-0.39, 0.29) is 24.2 Å². The zero-order chi connectivity index (χ0) is 20.4. The van der Waals surface area contributed by atoms with E-state index in [1.54, 1.807) is 17.8 Å². The molecule has 0 aliphatic rings. The molecule has 0 spiro atoms. The predicted molar refractivity (Wildman–Crippen MR) is 105 cm³/mol. The number of nitrogens with zero attached hydrogens (tertiary/aromatic N) is 3. The lowest BCUT2D eigenvalue weighted by Gasteiger charge is -2.13. The Labute approximate surface area is 164 Å². The van der Waals surface area contributed by atoms with E-state index in [4.69, 9.17) is 9.26 Å². The van der Waals surface area contributed by atoms with Crippen LogP contribution in [-0.4, -0.2) is 20.8 Å². The van der Waals surface area contributed by atoms with Crippen molar-refractivity contribution in [3.05, 3.63) is 63.8 Å². The van der Waals surface area contributed by atoms with Crippen LogP contribution in [0.25, 0.3) is 0 Å². The molecule has 148 valence electrons. The van der Waals surface area contributed by atoms with Crippen LogP contribution in [0.15, 0.2) is 28.9 Å². The molecule has 28 heavy (non-hydrogen) atoms. The molecule has 2 heterocycles. The Hall–Kier alpha value is -3.09. The molecule has 0 fully saturated rings. The zero-order valence-corrected chi connectivity index (χ0v) is 17.2. The van der Waals surface area contributed by atoms with E-state index in [1.807, 2.05) is 46.0 Å². The smallest absolute Gasteiger partial charge is 0.274 e. The first-order valence-corrected chi connectivity index (χ1v) is 9.22. The van der Waals surface area contributed by atoms with Gasteiger partial charge in [0.2, 0.25) is 0 Å². The van der Waals surface area contributed by atoms with Crippen molar-refractivity contribution in [3.8, 4) is 5.75 Å². The van der Waals surface area contributed by atoms with Gasteiger partial charge in [-0.15, -0.1) is 0 Å². The minimum Gasteiger partial charge on any atom is -0.489 e. The molecular weight excluding hydrogens is 356 g/mol. The van der Waals surface area contributed by atoms with Crippen molar-refractivity contribution in [3.63, 3.8) is 0 Å². The third-order valence-electron chi connectivity index (χ3n) is 5.15. The summed E-state index contributed by atoms with van der Waals surface area (Å²) in [5.74, 6) is 1.01. The maximum atomic E-state index is 12.8. The third-order valence-corrected chi connectivity index (χ3v) is 5.15. The highest BCUT2D eigenvalue weighted by Crippen LogP contribution is 2.22. The van der Waals surface area contributed by atoms with Crippen molar-refractivity contribution in [2.24, 2.45) is 7.05 Å². The van der Waals surface area contributed by atoms with Gasteiger partial charge in [-0.05, 0) is 57.9 Å². The molecule has 1 aromatic carbocycles. The number of amides is 1. The minimum absolute atomic E-state index is 0.202. The molecular formula is C21H26N4O3. The van der Waals surface area contributed by atoms with Crippen LogP contribution in [0.3, 0.4) is 0 Å². The fourth-order valence-electron chi connectivity index (χ4n) is 2.98. The molecule has 0 saturated carbocycles. The predicted octanol–water partition coefficient (Wildman–Crippen LogP) is 3.71. The molecule has 1 amide bonds. The van der Waals surface area contributed by atoms with Crippen molar-refractivity contribution < 1.29 is 14.1 Å². The van der Waals surface area contributed by atoms with E-state index in [0.717, 1.165) is 22.6 Å².